The molecule has 0 aliphatic carbocycles. The van der Waals surface area contributed by atoms with Gasteiger partial charge in [0, 0.05) is 13.7 Å². The second-order valence-electron chi connectivity index (χ2n) is 3.90. The van der Waals surface area contributed by atoms with E-state index in [1.165, 1.54) is 6.42 Å². The van der Waals surface area contributed by atoms with Crippen molar-refractivity contribution in [2.75, 3.05) is 20.2 Å². The van der Waals surface area contributed by atoms with E-state index in [0.29, 0.717) is 11.1 Å². The zero-order valence-electron chi connectivity index (χ0n) is 9.03. The summed E-state index contributed by atoms with van der Waals surface area (Å²) in [7, 11) is 1.79. The lowest BCUT2D eigenvalue weighted by Gasteiger charge is -2.26. The van der Waals surface area contributed by atoms with Gasteiger partial charge in [0.2, 0.25) is 0 Å². The molecule has 1 aliphatic heterocycles. The summed E-state index contributed by atoms with van der Waals surface area (Å²) < 4.78 is 5.37. The molecule has 0 bridgehead atoms. The predicted octanol–water partition coefficient (Wildman–Crippen LogP) is 1.16. The van der Waals surface area contributed by atoms with Crippen molar-refractivity contribution < 1.29 is 4.74 Å². The van der Waals surface area contributed by atoms with Crippen molar-refractivity contribution in [1.82, 2.24) is 4.90 Å². The molecule has 2 unspecified atom stereocenters. The van der Waals surface area contributed by atoms with Crippen LogP contribution in [0.25, 0.3) is 0 Å². The molecule has 0 aromatic rings. The fourth-order valence-electron chi connectivity index (χ4n) is 1.89. The fraction of sp³-hybridized carbons (Fsp3) is 0.900. The van der Waals surface area contributed by atoms with Gasteiger partial charge >= 0.3 is 0 Å². The highest BCUT2D eigenvalue weighted by Gasteiger charge is 2.21. The van der Waals surface area contributed by atoms with Crippen LogP contribution in [-0.4, -0.2) is 42.2 Å². The molecule has 1 fully saturated rings. The van der Waals surface area contributed by atoms with Crippen LogP contribution in [0.15, 0.2) is 0 Å². The molecule has 82 valence electrons. The van der Waals surface area contributed by atoms with E-state index in [1.54, 1.807) is 7.11 Å². The first kappa shape index (κ1) is 11.9. The molecule has 14 heavy (non-hydrogen) atoms. The van der Waals surface area contributed by atoms with E-state index in [4.69, 9.17) is 22.7 Å². The molecular weight excluding hydrogens is 196 g/mol. The summed E-state index contributed by atoms with van der Waals surface area (Å²) in [6.45, 7) is 4.20. The van der Waals surface area contributed by atoms with E-state index in [0.717, 1.165) is 25.9 Å². The first-order chi connectivity index (χ1) is 6.65. The Kier molecular flexibility index (Phi) is 4.78. The molecule has 1 saturated heterocycles. The molecule has 2 atom stereocenters. The Balaban J connectivity index is 2.45. The molecule has 0 amide bonds. The van der Waals surface area contributed by atoms with Crippen molar-refractivity contribution >= 4 is 17.2 Å². The fourth-order valence-corrected chi connectivity index (χ4v) is 2.04. The van der Waals surface area contributed by atoms with Crippen molar-refractivity contribution in [3.63, 3.8) is 0 Å². The molecule has 1 rings (SSSR count). The Morgan fingerprint density at radius 1 is 1.50 bits per heavy atom. The minimum atomic E-state index is 0.223. The van der Waals surface area contributed by atoms with Gasteiger partial charge in [-0.25, -0.2) is 0 Å². The average Bonchev–Trinajstić information content (AvgIpc) is 2.41. The number of nitrogens with zero attached hydrogens (tertiary/aromatic N) is 1. The standard InChI is InChI=1S/C10H20N2OS/c1-8(10(11)14)12-6-3-4-9(13-2)5-7-12/h8-9H,3-7H2,1-2H3,(H2,11,14). The predicted molar refractivity (Wildman–Crippen MR) is 62.5 cm³/mol. The number of rotatable bonds is 3. The van der Waals surface area contributed by atoms with Gasteiger partial charge in [0.25, 0.3) is 0 Å². The van der Waals surface area contributed by atoms with E-state index in [9.17, 15) is 0 Å². The van der Waals surface area contributed by atoms with Crippen LogP contribution in [0, 0.1) is 0 Å². The van der Waals surface area contributed by atoms with Gasteiger partial charge in [-0.3, -0.25) is 4.90 Å². The van der Waals surface area contributed by atoms with Crippen molar-refractivity contribution in [3.05, 3.63) is 0 Å². The molecule has 0 aromatic carbocycles. The molecule has 4 heteroatoms. The van der Waals surface area contributed by atoms with E-state index >= 15 is 0 Å². The maximum atomic E-state index is 5.64. The Morgan fingerprint density at radius 2 is 2.21 bits per heavy atom. The van der Waals surface area contributed by atoms with Gasteiger partial charge in [-0.2, -0.15) is 0 Å². The topological polar surface area (TPSA) is 38.5 Å². The lowest BCUT2D eigenvalue weighted by molar-refractivity contribution is 0.0893. The van der Waals surface area contributed by atoms with Gasteiger partial charge in [0.1, 0.15) is 0 Å². The Hall–Kier alpha value is -0.190. The van der Waals surface area contributed by atoms with Gasteiger partial charge < -0.3 is 10.5 Å². The maximum Gasteiger partial charge on any atom is 0.0899 e. The minimum Gasteiger partial charge on any atom is -0.392 e. The third-order valence-corrected chi connectivity index (χ3v) is 3.34. The molecule has 2 N–H and O–H groups in total. The van der Waals surface area contributed by atoms with Crippen molar-refractivity contribution in [1.29, 1.82) is 0 Å². The SMILES string of the molecule is COC1CCCN(C(C)C(N)=S)CC1. The first-order valence-electron chi connectivity index (χ1n) is 5.21. The molecule has 1 aliphatic rings. The monoisotopic (exact) mass is 216 g/mol. The van der Waals surface area contributed by atoms with Crippen LogP contribution in [0.2, 0.25) is 0 Å². The molecule has 0 saturated carbocycles. The largest absolute Gasteiger partial charge is 0.392 e. The van der Waals surface area contributed by atoms with Crippen LogP contribution < -0.4 is 5.73 Å². The van der Waals surface area contributed by atoms with Gasteiger partial charge in [-0.05, 0) is 32.7 Å². The summed E-state index contributed by atoms with van der Waals surface area (Å²) in [5, 5.41) is 0. The number of hydrogen-bond acceptors (Lipinski definition) is 3. The van der Waals surface area contributed by atoms with Gasteiger partial charge in [-0.15, -0.1) is 0 Å². The van der Waals surface area contributed by atoms with Gasteiger partial charge in [-0.1, -0.05) is 12.2 Å². The van der Waals surface area contributed by atoms with E-state index < -0.39 is 0 Å². The third kappa shape index (κ3) is 3.19. The van der Waals surface area contributed by atoms with E-state index in [2.05, 4.69) is 11.8 Å². The summed E-state index contributed by atoms with van der Waals surface area (Å²) in [6.07, 6.45) is 3.82. The van der Waals surface area contributed by atoms with Crippen LogP contribution in [0.4, 0.5) is 0 Å². The van der Waals surface area contributed by atoms with Crippen LogP contribution in [0.1, 0.15) is 26.2 Å². The second-order valence-corrected chi connectivity index (χ2v) is 4.37. The van der Waals surface area contributed by atoms with Gasteiger partial charge in [0.15, 0.2) is 0 Å². The Bertz CT molecular complexity index is 199. The number of hydrogen-bond donors (Lipinski definition) is 1. The Morgan fingerprint density at radius 3 is 2.79 bits per heavy atom. The number of thiocarbonyl (C=S) groups is 1. The van der Waals surface area contributed by atoms with Crippen LogP contribution >= 0.6 is 12.2 Å². The highest BCUT2D eigenvalue weighted by atomic mass is 32.1. The number of ether oxygens (including phenoxy) is 1. The molecule has 0 radical (unpaired) electrons. The lowest BCUT2D eigenvalue weighted by Crippen LogP contribution is -2.42. The average molecular weight is 216 g/mol. The summed E-state index contributed by atoms with van der Waals surface area (Å²) in [5.41, 5.74) is 5.64. The summed E-state index contributed by atoms with van der Waals surface area (Å²) in [5.74, 6) is 0. The second kappa shape index (κ2) is 5.63. The molecular formula is C10H20N2OS. The Labute approximate surface area is 91.6 Å². The zero-order chi connectivity index (χ0) is 10.6. The molecule has 0 aromatic heterocycles. The molecule has 1 heterocycles. The summed E-state index contributed by atoms with van der Waals surface area (Å²) in [6, 6.07) is 0.223. The maximum absolute atomic E-state index is 5.64. The van der Waals surface area contributed by atoms with E-state index in [-0.39, 0.29) is 6.04 Å². The quantitative estimate of drug-likeness (QED) is 0.719. The number of likely N-dealkylation sites (tertiary alicyclic amines) is 1. The summed E-state index contributed by atoms with van der Waals surface area (Å²) >= 11 is 5.01. The smallest absolute Gasteiger partial charge is 0.0899 e. The molecule has 3 nitrogen and oxygen atoms in total. The number of nitrogens with two attached hydrogens (primary N) is 1. The number of methoxy groups -OCH3 is 1. The normalized spacial score (nSPS) is 26.9. The summed E-state index contributed by atoms with van der Waals surface area (Å²) in [4.78, 5) is 2.95. The highest BCUT2D eigenvalue weighted by molar-refractivity contribution is 7.80. The molecule has 0 spiro atoms. The van der Waals surface area contributed by atoms with Crippen LogP contribution in [-0.2, 0) is 4.74 Å². The third-order valence-electron chi connectivity index (χ3n) is 3.00. The van der Waals surface area contributed by atoms with Crippen LogP contribution in [0.3, 0.4) is 0 Å². The van der Waals surface area contributed by atoms with Crippen molar-refractivity contribution in [3.8, 4) is 0 Å². The minimum absolute atomic E-state index is 0.223. The highest BCUT2D eigenvalue weighted by Crippen LogP contribution is 2.15. The lowest BCUT2D eigenvalue weighted by atomic mass is 10.2. The first-order valence-corrected chi connectivity index (χ1v) is 5.62. The van der Waals surface area contributed by atoms with Crippen molar-refractivity contribution in [2.24, 2.45) is 5.73 Å². The zero-order valence-corrected chi connectivity index (χ0v) is 9.85. The van der Waals surface area contributed by atoms with E-state index in [1.807, 2.05) is 0 Å². The van der Waals surface area contributed by atoms with Crippen LogP contribution in [0.5, 0.6) is 0 Å². The van der Waals surface area contributed by atoms with Gasteiger partial charge in [0.05, 0.1) is 17.1 Å². The van der Waals surface area contributed by atoms with Crippen molar-refractivity contribution in [2.45, 2.75) is 38.3 Å².